The maximum absolute atomic E-state index is 12.8. The van der Waals surface area contributed by atoms with Crippen LogP contribution in [0.1, 0.15) is 43.9 Å². The second-order valence-electron chi connectivity index (χ2n) is 8.05. The van der Waals surface area contributed by atoms with Crippen molar-refractivity contribution in [3.05, 3.63) is 47.8 Å². The van der Waals surface area contributed by atoms with Gasteiger partial charge in [-0.3, -0.25) is 0 Å². The van der Waals surface area contributed by atoms with Crippen LogP contribution in [0.2, 0.25) is 0 Å². The average molecular weight is 486 g/mol. The molecule has 0 atom stereocenters. The molecule has 1 aromatic carbocycles. The molecule has 180 valence electrons. The number of alkyl halides is 3. The van der Waals surface area contributed by atoms with Gasteiger partial charge in [0.05, 0.1) is 17.6 Å². The van der Waals surface area contributed by atoms with E-state index < -0.39 is 6.36 Å². The minimum absolute atomic E-state index is 0. The van der Waals surface area contributed by atoms with Crippen LogP contribution in [0.25, 0.3) is 5.65 Å². The molecular weight excluding hydrogens is 459 g/mol. The Hall–Kier alpha value is -2.72. The minimum atomic E-state index is -4.76. The topological polar surface area (TPSA) is 72.7 Å². The number of nitrogens with zero attached hydrogens (tertiary/aromatic N) is 3. The van der Waals surface area contributed by atoms with Crippen LogP contribution in [0, 0.1) is 0 Å². The largest absolute Gasteiger partial charge is 0.573 e. The quantitative estimate of drug-likeness (QED) is 0.495. The van der Waals surface area contributed by atoms with Crippen molar-refractivity contribution in [1.82, 2.24) is 19.9 Å². The van der Waals surface area contributed by atoms with Crippen molar-refractivity contribution >= 4 is 23.7 Å². The summed E-state index contributed by atoms with van der Waals surface area (Å²) in [6.07, 6.45) is -1.18. The lowest BCUT2D eigenvalue weighted by Gasteiger charge is -2.23. The number of benzene rings is 1. The molecule has 4 rings (SSSR count). The Morgan fingerprint density at radius 3 is 2.64 bits per heavy atom. The van der Waals surface area contributed by atoms with Gasteiger partial charge >= 0.3 is 6.36 Å². The molecule has 7 nitrogen and oxygen atoms in total. The van der Waals surface area contributed by atoms with E-state index in [4.69, 9.17) is 4.74 Å². The highest BCUT2D eigenvalue weighted by molar-refractivity contribution is 5.85. The summed E-state index contributed by atoms with van der Waals surface area (Å²) in [5, 5.41) is 11.1. The second kappa shape index (κ2) is 10.5. The first-order valence-electron chi connectivity index (χ1n) is 10.6. The zero-order valence-electron chi connectivity index (χ0n) is 18.4. The lowest BCUT2D eigenvalue weighted by Crippen LogP contribution is -2.34. The van der Waals surface area contributed by atoms with Gasteiger partial charge in [0, 0.05) is 18.2 Å². The van der Waals surface area contributed by atoms with Crippen LogP contribution in [-0.4, -0.2) is 40.2 Å². The van der Waals surface area contributed by atoms with Gasteiger partial charge in [-0.25, -0.2) is 9.50 Å². The van der Waals surface area contributed by atoms with E-state index in [1.165, 1.54) is 12.1 Å². The summed E-state index contributed by atoms with van der Waals surface area (Å²) >= 11 is 0. The van der Waals surface area contributed by atoms with Gasteiger partial charge in [-0.05, 0) is 37.9 Å². The van der Waals surface area contributed by atoms with E-state index in [9.17, 15) is 13.2 Å². The highest BCUT2D eigenvalue weighted by atomic mass is 35.5. The fourth-order valence-electron chi connectivity index (χ4n) is 3.69. The molecule has 0 spiro atoms. The molecular formula is C22H27ClF3N5O2. The van der Waals surface area contributed by atoms with Gasteiger partial charge in [0.15, 0.2) is 5.65 Å². The summed E-state index contributed by atoms with van der Waals surface area (Å²) in [5.41, 5.74) is 2.49. The van der Waals surface area contributed by atoms with Crippen molar-refractivity contribution in [3.8, 4) is 11.6 Å². The molecule has 0 unspecified atom stereocenters. The van der Waals surface area contributed by atoms with Gasteiger partial charge in [0.1, 0.15) is 11.9 Å². The normalized spacial score (nSPS) is 14.8. The van der Waals surface area contributed by atoms with E-state index in [0.29, 0.717) is 22.8 Å². The monoisotopic (exact) mass is 485 g/mol. The van der Waals surface area contributed by atoms with Gasteiger partial charge in [0.25, 0.3) is 0 Å². The van der Waals surface area contributed by atoms with Crippen LogP contribution in [0.3, 0.4) is 0 Å². The highest BCUT2D eigenvalue weighted by Crippen LogP contribution is 2.29. The first kappa shape index (κ1) is 24.9. The van der Waals surface area contributed by atoms with Crippen LogP contribution in [-0.2, 0) is 6.54 Å². The number of para-hydroxylation sites is 1. The number of ether oxygens (including phenoxy) is 2. The van der Waals surface area contributed by atoms with E-state index in [-0.39, 0.29) is 36.7 Å². The highest BCUT2D eigenvalue weighted by Gasteiger charge is 2.32. The van der Waals surface area contributed by atoms with Crippen LogP contribution in [0.5, 0.6) is 11.6 Å². The fourth-order valence-corrected chi connectivity index (χ4v) is 3.69. The minimum Gasteiger partial charge on any atom is -0.473 e. The van der Waals surface area contributed by atoms with E-state index >= 15 is 0 Å². The number of nitrogens with one attached hydrogen (secondary N) is 2. The molecule has 1 aliphatic rings. The number of hydrogen-bond acceptors (Lipinski definition) is 6. The molecule has 1 fully saturated rings. The summed E-state index contributed by atoms with van der Waals surface area (Å²) in [7, 11) is 0. The SMILES string of the molecule is CC(C)c1cnc2c(NCc3ccccc3OC(F)(F)F)cc(OC3CCNCC3)nn12.Cl. The summed E-state index contributed by atoms with van der Waals surface area (Å²) in [4.78, 5) is 4.48. The molecule has 33 heavy (non-hydrogen) atoms. The molecule has 0 aliphatic carbocycles. The summed E-state index contributed by atoms with van der Waals surface area (Å²) in [5.74, 6) is 0.391. The van der Waals surface area contributed by atoms with Crippen LogP contribution < -0.4 is 20.1 Å². The molecule has 11 heteroatoms. The first-order chi connectivity index (χ1) is 15.3. The van der Waals surface area contributed by atoms with E-state index in [0.717, 1.165) is 31.6 Å². The number of imidazole rings is 1. The number of fused-ring (bicyclic) bond motifs is 1. The van der Waals surface area contributed by atoms with Crippen molar-refractivity contribution in [2.45, 2.75) is 51.6 Å². The van der Waals surface area contributed by atoms with Crippen molar-refractivity contribution in [1.29, 1.82) is 0 Å². The third kappa shape index (κ3) is 6.20. The Balaban J connectivity index is 0.00000306. The van der Waals surface area contributed by atoms with Gasteiger partial charge < -0.3 is 20.1 Å². The Morgan fingerprint density at radius 1 is 1.21 bits per heavy atom. The summed E-state index contributed by atoms with van der Waals surface area (Å²) < 4.78 is 50.3. The first-order valence-corrected chi connectivity index (χ1v) is 10.6. The van der Waals surface area contributed by atoms with Crippen molar-refractivity contribution in [3.63, 3.8) is 0 Å². The van der Waals surface area contributed by atoms with Crippen LogP contribution >= 0.6 is 12.4 Å². The van der Waals surface area contributed by atoms with Crippen LogP contribution in [0.15, 0.2) is 36.5 Å². The van der Waals surface area contributed by atoms with Crippen molar-refractivity contribution in [2.24, 2.45) is 0 Å². The van der Waals surface area contributed by atoms with Crippen molar-refractivity contribution < 1.29 is 22.6 Å². The van der Waals surface area contributed by atoms with Gasteiger partial charge in [0.2, 0.25) is 5.88 Å². The molecule has 0 bridgehead atoms. The number of halogens is 4. The predicted octanol–water partition coefficient (Wildman–Crippen LogP) is 4.92. The zero-order valence-corrected chi connectivity index (χ0v) is 19.2. The van der Waals surface area contributed by atoms with Gasteiger partial charge in [-0.1, -0.05) is 32.0 Å². The Morgan fingerprint density at radius 2 is 1.94 bits per heavy atom. The number of piperidine rings is 1. The Kier molecular flexibility index (Phi) is 7.91. The molecule has 0 amide bonds. The summed E-state index contributed by atoms with van der Waals surface area (Å²) in [6.45, 7) is 5.97. The average Bonchev–Trinajstić information content (AvgIpc) is 3.17. The molecule has 0 saturated carbocycles. The third-order valence-corrected chi connectivity index (χ3v) is 5.30. The predicted molar refractivity (Wildman–Crippen MR) is 121 cm³/mol. The van der Waals surface area contributed by atoms with Crippen LogP contribution in [0.4, 0.5) is 18.9 Å². The van der Waals surface area contributed by atoms with Gasteiger partial charge in [-0.2, -0.15) is 0 Å². The maximum Gasteiger partial charge on any atom is 0.573 e. The molecule has 1 saturated heterocycles. The summed E-state index contributed by atoms with van der Waals surface area (Å²) in [6, 6.07) is 7.81. The molecule has 2 N–H and O–H groups in total. The van der Waals surface area contributed by atoms with E-state index in [1.807, 2.05) is 13.8 Å². The smallest absolute Gasteiger partial charge is 0.473 e. The van der Waals surface area contributed by atoms with E-state index in [1.54, 1.807) is 28.9 Å². The van der Waals surface area contributed by atoms with Gasteiger partial charge in [-0.15, -0.1) is 30.7 Å². The third-order valence-electron chi connectivity index (χ3n) is 5.30. The molecule has 0 radical (unpaired) electrons. The lowest BCUT2D eigenvalue weighted by atomic mass is 10.1. The maximum atomic E-state index is 12.8. The lowest BCUT2D eigenvalue weighted by molar-refractivity contribution is -0.274. The van der Waals surface area contributed by atoms with E-state index in [2.05, 4.69) is 25.5 Å². The number of anilines is 1. The zero-order chi connectivity index (χ0) is 22.7. The molecule has 1 aliphatic heterocycles. The molecule has 3 heterocycles. The standard InChI is InChI=1S/C22H26F3N5O2.ClH/c1-14(2)18-13-28-21-17(11-20(29-30(18)21)31-16-7-9-26-10-8-16)27-12-15-5-3-4-6-19(15)32-22(23,24)25;/h3-6,11,13-14,16,26-27H,7-10,12H2,1-2H3;1H. The Labute approximate surface area is 196 Å². The number of hydrogen-bond donors (Lipinski definition) is 2. The fraction of sp³-hybridized carbons (Fsp3) is 0.455. The van der Waals surface area contributed by atoms with Crippen molar-refractivity contribution in [2.75, 3.05) is 18.4 Å². The molecule has 2 aromatic heterocycles. The number of aromatic nitrogens is 3. The Bertz CT molecular complexity index is 1070. The number of rotatable bonds is 7. The molecule has 3 aromatic rings. The second-order valence-corrected chi connectivity index (χ2v) is 8.05.